The van der Waals surface area contributed by atoms with Gasteiger partial charge in [0, 0.05) is 13.1 Å². The number of hydrogen-bond acceptors (Lipinski definition) is 2. The summed E-state index contributed by atoms with van der Waals surface area (Å²) in [5, 5.41) is 0. The van der Waals surface area contributed by atoms with E-state index in [4.69, 9.17) is 5.73 Å². The van der Waals surface area contributed by atoms with Gasteiger partial charge in [0.25, 0.3) is 0 Å². The molecule has 0 amide bonds. The fraction of sp³-hybridized carbons (Fsp3) is 0.538. The molecule has 4 heteroatoms. The third-order valence-electron chi connectivity index (χ3n) is 3.56. The zero-order valence-electron chi connectivity index (χ0n) is 10.0. The van der Waals surface area contributed by atoms with Gasteiger partial charge in [0.2, 0.25) is 0 Å². The second-order valence-electron chi connectivity index (χ2n) is 5.19. The molecule has 0 spiro atoms. The lowest BCUT2D eigenvalue weighted by atomic mass is 9.90. The van der Waals surface area contributed by atoms with Crippen LogP contribution in [0.4, 0.5) is 4.39 Å². The lowest BCUT2D eigenvalue weighted by molar-refractivity contribution is 0.274. The van der Waals surface area contributed by atoms with Crippen LogP contribution < -0.4 is 5.73 Å². The van der Waals surface area contributed by atoms with Gasteiger partial charge in [0.1, 0.15) is 5.82 Å². The second kappa shape index (κ2) is 5.04. The Balaban J connectivity index is 2.05. The Morgan fingerprint density at radius 3 is 2.94 bits per heavy atom. The van der Waals surface area contributed by atoms with Crippen molar-refractivity contribution in [2.75, 3.05) is 19.6 Å². The summed E-state index contributed by atoms with van der Waals surface area (Å²) in [4.78, 5) is 2.34. The van der Waals surface area contributed by atoms with E-state index in [0.29, 0.717) is 11.0 Å². The van der Waals surface area contributed by atoms with E-state index in [2.05, 4.69) is 27.8 Å². The molecule has 0 radical (unpaired) electrons. The summed E-state index contributed by atoms with van der Waals surface area (Å²) >= 11 is 3.31. The minimum atomic E-state index is -0.191. The first-order valence-corrected chi connectivity index (χ1v) is 6.69. The number of likely N-dealkylation sites (tertiary alicyclic amines) is 1. The first-order valence-electron chi connectivity index (χ1n) is 5.89. The Morgan fingerprint density at radius 2 is 2.29 bits per heavy atom. The van der Waals surface area contributed by atoms with Crippen LogP contribution in [0.2, 0.25) is 0 Å². The Bertz CT molecular complexity index is 410. The predicted molar refractivity (Wildman–Crippen MR) is 71.2 cm³/mol. The molecule has 0 aromatic heterocycles. The van der Waals surface area contributed by atoms with Gasteiger partial charge in [-0.25, -0.2) is 4.39 Å². The topological polar surface area (TPSA) is 29.3 Å². The monoisotopic (exact) mass is 300 g/mol. The van der Waals surface area contributed by atoms with Gasteiger partial charge in [-0.2, -0.15) is 0 Å². The highest BCUT2D eigenvalue weighted by Gasteiger charge is 2.32. The van der Waals surface area contributed by atoms with Gasteiger partial charge < -0.3 is 5.73 Å². The van der Waals surface area contributed by atoms with Crippen LogP contribution in [0, 0.1) is 11.2 Å². The smallest absolute Gasteiger partial charge is 0.137 e. The minimum absolute atomic E-state index is 0.191. The fourth-order valence-corrected chi connectivity index (χ4v) is 2.73. The standard InChI is InChI=1S/C13H18BrFN2/c1-13(8-16)5-6-17(9-13)7-10-3-2-4-11(15)12(10)14/h2-4H,5-9,16H2,1H3. The lowest BCUT2D eigenvalue weighted by Gasteiger charge is -2.22. The van der Waals surface area contributed by atoms with E-state index in [0.717, 1.165) is 31.6 Å². The van der Waals surface area contributed by atoms with Crippen molar-refractivity contribution in [3.8, 4) is 0 Å². The Morgan fingerprint density at radius 1 is 1.53 bits per heavy atom. The maximum absolute atomic E-state index is 13.4. The van der Waals surface area contributed by atoms with Crippen LogP contribution in [0.15, 0.2) is 22.7 Å². The molecule has 94 valence electrons. The molecule has 1 heterocycles. The first kappa shape index (κ1) is 13.0. The summed E-state index contributed by atoms with van der Waals surface area (Å²) in [5.41, 5.74) is 7.01. The van der Waals surface area contributed by atoms with Crippen molar-refractivity contribution in [3.63, 3.8) is 0 Å². The minimum Gasteiger partial charge on any atom is -0.330 e. The molecule has 0 saturated carbocycles. The van der Waals surface area contributed by atoms with Crippen molar-refractivity contribution in [1.29, 1.82) is 0 Å². The molecular weight excluding hydrogens is 283 g/mol. The Hall–Kier alpha value is -0.450. The molecule has 1 aliphatic heterocycles. The quantitative estimate of drug-likeness (QED) is 0.930. The molecule has 1 aromatic carbocycles. The molecule has 1 aliphatic rings. The molecule has 2 nitrogen and oxygen atoms in total. The van der Waals surface area contributed by atoms with Crippen molar-refractivity contribution in [2.24, 2.45) is 11.1 Å². The summed E-state index contributed by atoms with van der Waals surface area (Å²) in [6.45, 7) is 5.75. The van der Waals surface area contributed by atoms with Crippen molar-refractivity contribution in [1.82, 2.24) is 4.90 Å². The molecule has 0 bridgehead atoms. The SMILES string of the molecule is CC1(CN)CCN(Cc2cccc(F)c2Br)C1. The highest BCUT2D eigenvalue weighted by Crippen LogP contribution is 2.31. The highest BCUT2D eigenvalue weighted by molar-refractivity contribution is 9.10. The molecule has 2 N–H and O–H groups in total. The zero-order valence-corrected chi connectivity index (χ0v) is 11.6. The highest BCUT2D eigenvalue weighted by atomic mass is 79.9. The lowest BCUT2D eigenvalue weighted by Crippen LogP contribution is -2.31. The van der Waals surface area contributed by atoms with Gasteiger partial charge >= 0.3 is 0 Å². The number of nitrogens with two attached hydrogens (primary N) is 1. The van der Waals surface area contributed by atoms with Gasteiger partial charge in [-0.1, -0.05) is 19.1 Å². The van der Waals surface area contributed by atoms with Crippen LogP contribution >= 0.6 is 15.9 Å². The fourth-order valence-electron chi connectivity index (χ4n) is 2.34. The van der Waals surface area contributed by atoms with Gasteiger partial charge in [-0.3, -0.25) is 4.90 Å². The average molecular weight is 301 g/mol. The Labute approximate surface area is 110 Å². The van der Waals surface area contributed by atoms with E-state index in [-0.39, 0.29) is 11.2 Å². The summed E-state index contributed by atoms with van der Waals surface area (Å²) in [5.74, 6) is -0.191. The predicted octanol–water partition coefficient (Wildman–Crippen LogP) is 2.76. The maximum atomic E-state index is 13.4. The van der Waals surface area contributed by atoms with Gasteiger partial charge in [-0.05, 0) is 52.5 Å². The van der Waals surface area contributed by atoms with Crippen LogP contribution in [0.5, 0.6) is 0 Å². The largest absolute Gasteiger partial charge is 0.330 e. The molecule has 2 rings (SSSR count). The van der Waals surface area contributed by atoms with Gasteiger partial charge in [0.05, 0.1) is 4.47 Å². The van der Waals surface area contributed by atoms with Gasteiger partial charge in [-0.15, -0.1) is 0 Å². The normalized spacial score (nSPS) is 25.4. The molecule has 1 fully saturated rings. The van der Waals surface area contributed by atoms with Crippen LogP contribution in [-0.2, 0) is 6.54 Å². The number of rotatable bonds is 3. The summed E-state index contributed by atoms with van der Waals surface area (Å²) in [7, 11) is 0. The maximum Gasteiger partial charge on any atom is 0.137 e. The number of benzene rings is 1. The van der Waals surface area contributed by atoms with E-state index in [1.807, 2.05) is 6.07 Å². The third-order valence-corrected chi connectivity index (χ3v) is 4.44. The third kappa shape index (κ3) is 2.87. The van der Waals surface area contributed by atoms with E-state index >= 15 is 0 Å². The molecule has 1 saturated heterocycles. The van der Waals surface area contributed by atoms with E-state index in [9.17, 15) is 4.39 Å². The zero-order chi connectivity index (χ0) is 12.5. The molecule has 1 atom stereocenters. The summed E-state index contributed by atoms with van der Waals surface area (Å²) < 4.78 is 14.0. The molecular formula is C13H18BrFN2. The van der Waals surface area contributed by atoms with Crippen molar-refractivity contribution in [3.05, 3.63) is 34.1 Å². The van der Waals surface area contributed by atoms with Crippen LogP contribution in [0.3, 0.4) is 0 Å². The van der Waals surface area contributed by atoms with Crippen LogP contribution in [0.25, 0.3) is 0 Å². The van der Waals surface area contributed by atoms with E-state index < -0.39 is 0 Å². The average Bonchev–Trinajstić information content (AvgIpc) is 2.68. The summed E-state index contributed by atoms with van der Waals surface area (Å²) in [6.07, 6.45) is 1.12. The van der Waals surface area contributed by atoms with Crippen molar-refractivity contribution >= 4 is 15.9 Å². The van der Waals surface area contributed by atoms with Crippen LogP contribution in [0.1, 0.15) is 18.9 Å². The molecule has 1 unspecified atom stereocenters. The van der Waals surface area contributed by atoms with Crippen LogP contribution in [-0.4, -0.2) is 24.5 Å². The second-order valence-corrected chi connectivity index (χ2v) is 5.98. The Kier molecular flexibility index (Phi) is 3.85. The first-order chi connectivity index (χ1) is 8.04. The summed E-state index contributed by atoms with van der Waals surface area (Å²) in [6, 6.07) is 5.19. The van der Waals surface area contributed by atoms with Crippen molar-refractivity contribution < 1.29 is 4.39 Å². The van der Waals surface area contributed by atoms with Crippen molar-refractivity contribution in [2.45, 2.75) is 19.9 Å². The van der Waals surface area contributed by atoms with Gasteiger partial charge in [0.15, 0.2) is 0 Å². The molecule has 1 aromatic rings. The number of hydrogen-bond donors (Lipinski definition) is 1. The number of nitrogens with zero attached hydrogens (tertiary/aromatic N) is 1. The molecule has 17 heavy (non-hydrogen) atoms. The molecule has 0 aliphatic carbocycles. The number of halogens is 2. The van der Waals surface area contributed by atoms with E-state index in [1.165, 1.54) is 6.07 Å². The van der Waals surface area contributed by atoms with E-state index in [1.54, 1.807) is 6.07 Å².